The summed E-state index contributed by atoms with van der Waals surface area (Å²) < 4.78 is 5.90. The Morgan fingerprint density at radius 2 is 1.64 bits per heavy atom. The predicted molar refractivity (Wildman–Crippen MR) is 209 cm³/mol. The van der Waals surface area contributed by atoms with Crippen LogP contribution in [0.3, 0.4) is 0 Å². The summed E-state index contributed by atoms with van der Waals surface area (Å²) in [6.07, 6.45) is 10.8. The Bertz CT molecular complexity index is 1810. The molecule has 53 heavy (non-hydrogen) atoms. The van der Waals surface area contributed by atoms with Crippen molar-refractivity contribution in [3.8, 4) is 34.3 Å². The first-order valence-corrected chi connectivity index (χ1v) is 19.1. The molecular formula is C42H51N5O5S. The van der Waals surface area contributed by atoms with E-state index in [1.165, 1.54) is 41.9 Å². The number of thiophene rings is 1. The van der Waals surface area contributed by atoms with E-state index >= 15 is 0 Å². The highest BCUT2D eigenvalue weighted by Gasteiger charge is 2.38. The maximum absolute atomic E-state index is 13.9. The molecule has 4 aromatic rings. The standard InChI is InChI=1S/C41H47N5O4S.CH4O/c1-5-6-7-8-9-20-50-34-16-14-30(15-17-34)32-24-43-38(44-25-32)31-12-10-28(11-13-31)22-35(40(49)46-26-29(23-42)21-33(46)27-47)45-39(48)36-18-19-37(51-36)41(2,3)4;1-2/h10-19,24-25,27,29,33,35H,5-9,20-22,26H2,1-4H3,(H,45,48);2H,1H3. The van der Waals surface area contributed by atoms with Crippen LogP contribution in [0.4, 0.5) is 0 Å². The smallest absolute Gasteiger partial charge is 0.262 e. The predicted octanol–water partition coefficient (Wildman–Crippen LogP) is 7.41. The summed E-state index contributed by atoms with van der Waals surface area (Å²) in [7, 11) is 1.00. The Kier molecular flexibility index (Phi) is 15.2. The summed E-state index contributed by atoms with van der Waals surface area (Å²) in [5, 5.41) is 19.4. The number of unbranched alkanes of at least 4 members (excludes halogenated alkanes) is 4. The zero-order chi connectivity index (χ0) is 38.4. The summed E-state index contributed by atoms with van der Waals surface area (Å²) in [5.74, 6) is 0.261. The van der Waals surface area contributed by atoms with E-state index in [4.69, 9.17) is 9.84 Å². The molecule has 5 rings (SSSR count). The minimum atomic E-state index is -0.929. The Hall–Kier alpha value is -4.92. The van der Waals surface area contributed by atoms with E-state index in [0.29, 0.717) is 23.4 Å². The van der Waals surface area contributed by atoms with Crippen LogP contribution in [0.15, 0.2) is 73.1 Å². The second-order valence-corrected chi connectivity index (χ2v) is 15.3. The number of benzene rings is 2. The summed E-state index contributed by atoms with van der Waals surface area (Å²) >= 11 is 1.40. The average molecular weight is 738 g/mol. The first kappa shape index (κ1) is 40.8. The number of likely N-dealkylation sites (tertiary alicyclic amines) is 1. The van der Waals surface area contributed by atoms with Crippen molar-refractivity contribution >= 4 is 29.4 Å². The maximum Gasteiger partial charge on any atom is 0.262 e. The van der Waals surface area contributed by atoms with Crippen molar-refractivity contribution in [2.75, 3.05) is 20.3 Å². The monoisotopic (exact) mass is 737 g/mol. The van der Waals surface area contributed by atoms with Gasteiger partial charge in [0.2, 0.25) is 5.91 Å². The number of hydrogen-bond acceptors (Lipinski definition) is 9. The number of carbonyl (C=O) groups excluding carboxylic acids is 3. The van der Waals surface area contributed by atoms with E-state index in [9.17, 15) is 19.6 Å². The SMILES string of the molecule is CCCCCCCOc1ccc(-c2cnc(-c3ccc(CC(NC(=O)c4ccc(C(C)(C)C)s4)C(=O)N4CC(C#N)CC4C=O)cc3)nc2)cc1.CO. The van der Waals surface area contributed by atoms with Gasteiger partial charge in [0.05, 0.1) is 29.5 Å². The highest BCUT2D eigenvalue weighted by atomic mass is 32.1. The second-order valence-electron chi connectivity index (χ2n) is 14.2. The lowest BCUT2D eigenvalue weighted by Crippen LogP contribution is -2.51. The minimum Gasteiger partial charge on any atom is -0.494 e. The van der Waals surface area contributed by atoms with Crippen LogP contribution in [0.5, 0.6) is 5.75 Å². The van der Waals surface area contributed by atoms with E-state index in [1.54, 1.807) is 18.5 Å². The van der Waals surface area contributed by atoms with Gasteiger partial charge in [-0.1, -0.05) is 89.8 Å². The quantitative estimate of drug-likeness (QED) is 0.0948. The number of aromatic nitrogens is 2. The van der Waals surface area contributed by atoms with Crippen molar-refractivity contribution in [3.63, 3.8) is 0 Å². The largest absolute Gasteiger partial charge is 0.494 e. The van der Waals surface area contributed by atoms with Gasteiger partial charge in [0.25, 0.3) is 5.91 Å². The van der Waals surface area contributed by atoms with Gasteiger partial charge in [0.1, 0.15) is 18.1 Å². The van der Waals surface area contributed by atoms with Crippen LogP contribution >= 0.6 is 11.3 Å². The summed E-state index contributed by atoms with van der Waals surface area (Å²) in [6.45, 7) is 9.34. The third kappa shape index (κ3) is 11.3. The first-order valence-electron chi connectivity index (χ1n) is 18.3. The minimum absolute atomic E-state index is 0.114. The first-order chi connectivity index (χ1) is 25.6. The molecule has 10 nitrogen and oxygen atoms in total. The second kappa shape index (κ2) is 19.8. The molecule has 0 bridgehead atoms. The van der Waals surface area contributed by atoms with E-state index in [0.717, 1.165) is 53.0 Å². The number of nitrogens with one attached hydrogen (secondary N) is 1. The Morgan fingerprint density at radius 1 is 0.981 bits per heavy atom. The van der Waals surface area contributed by atoms with Crippen molar-refractivity contribution in [1.82, 2.24) is 20.2 Å². The van der Waals surface area contributed by atoms with Gasteiger partial charge in [-0.25, -0.2) is 9.97 Å². The fourth-order valence-corrected chi connectivity index (χ4v) is 7.09. The molecule has 3 unspecified atom stereocenters. The van der Waals surface area contributed by atoms with E-state index < -0.39 is 18.0 Å². The molecule has 280 valence electrons. The molecular weight excluding hydrogens is 687 g/mol. The fraction of sp³-hybridized carbons (Fsp3) is 0.429. The highest BCUT2D eigenvalue weighted by molar-refractivity contribution is 7.14. The topological polar surface area (TPSA) is 146 Å². The number of aliphatic hydroxyl groups is 1. The van der Waals surface area contributed by atoms with Crippen molar-refractivity contribution in [3.05, 3.63) is 88.4 Å². The molecule has 1 fully saturated rings. The summed E-state index contributed by atoms with van der Waals surface area (Å²) in [6, 6.07) is 19.8. The molecule has 2 aromatic carbocycles. The molecule has 0 aliphatic carbocycles. The Balaban J connectivity index is 0.00000308. The zero-order valence-electron chi connectivity index (χ0n) is 31.4. The number of nitrogens with zero attached hydrogens (tertiary/aromatic N) is 4. The van der Waals surface area contributed by atoms with E-state index in [2.05, 4.69) is 49.0 Å². The average Bonchev–Trinajstić information content (AvgIpc) is 3.86. The van der Waals surface area contributed by atoms with Crippen LogP contribution in [0, 0.1) is 17.2 Å². The molecule has 1 saturated heterocycles. The van der Waals surface area contributed by atoms with Crippen molar-refractivity contribution in [2.45, 2.75) is 90.1 Å². The van der Waals surface area contributed by atoms with Gasteiger partial charge in [-0.05, 0) is 53.6 Å². The third-order valence-corrected chi connectivity index (χ3v) is 10.7. The molecule has 11 heteroatoms. The van der Waals surface area contributed by atoms with Crippen LogP contribution in [-0.4, -0.2) is 70.4 Å². The molecule has 1 aliphatic rings. The zero-order valence-corrected chi connectivity index (χ0v) is 32.2. The lowest BCUT2D eigenvalue weighted by atomic mass is 9.95. The summed E-state index contributed by atoms with van der Waals surface area (Å²) in [4.78, 5) is 51.4. The van der Waals surface area contributed by atoms with Gasteiger partial charge in [-0.2, -0.15) is 5.26 Å². The lowest BCUT2D eigenvalue weighted by Gasteiger charge is -2.27. The van der Waals surface area contributed by atoms with Crippen molar-refractivity contribution < 1.29 is 24.2 Å². The molecule has 3 heterocycles. The van der Waals surface area contributed by atoms with E-state index in [-0.39, 0.29) is 30.2 Å². The number of nitriles is 1. The molecule has 0 radical (unpaired) electrons. The van der Waals surface area contributed by atoms with Crippen molar-refractivity contribution in [2.24, 2.45) is 5.92 Å². The number of carbonyl (C=O) groups is 3. The Morgan fingerprint density at radius 3 is 2.25 bits per heavy atom. The molecule has 2 amide bonds. The van der Waals surface area contributed by atoms with E-state index in [1.807, 2.05) is 54.6 Å². The number of aldehydes is 1. The highest BCUT2D eigenvalue weighted by Crippen LogP contribution is 2.30. The van der Waals surface area contributed by atoms with Gasteiger partial charge in [-0.15, -0.1) is 11.3 Å². The van der Waals surface area contributed by atoms with Crippen LogP contribution in [-0.2, 0) is 21.4 Å². The van der Waals surface area contributed by atoms with Crippen LogP contribution in [0.2, 0.25) is 0 Å². The fourth-order valence-electron chi connectivity index (χ4n) is 6.13. The van der Waals surface area contributed by atoms with Gasteiger partial charge < -0.3 is 24.9 Å². The van der Waals surface area contributed by atoms with Gasteiger partial charge in [0.15, 0.2) is 5.82 Å². The molecule has 0 spiro atoms. The molecule has 3 atom stereocenters. The van der Waals surface area contributed by atoms with Gasteiger partial charge >= 0.3 is 0 Å². The van der Waals surface area contributed by atoms with Crippen LogP contribution in [0.25, 0.3) is 22.5 Å². The number of ether oxygens (including phenoxy) is 1. The lowest BCUT2D eigenvalue weighted by molar-refractivity contribution is -0.136. The molecule has 0 saturated carbocycles. The summed E-state index contributed by atoms with van der Waals surface area (Å²) in [5.41, 5.74) is 3.41. The normalized spacial score (nSPS) is 15.8. The number of amides is 2. The maximum atomic E-state index is 13.9. The Labute approximate surface area is 317 Å². The van der Waals surface area contributed by atoms with Crippen LogP contribution < -0.4 is 10.1 Å². The van der Waals surface area contributed by atoms with Crippen molar-refractivity contribution in [1.29, 1.82) is 5.26 Å². The number of rotatable bonds is 15. The molecule has 2 aromatic heterocycles. The number of hydrogen-bond donors (Lipinski definition) is 2. The molecule has 2 N–H and O–H groups in total. The number of aliphatic hydroxyl groups excluding tert-OH is 1. The molecule has 1 aliphatic heterocycles. The van der Waals surface area contributed by atoms with Gasteiger partial charge in [0, 0.05) is 48.5 Å². The van der Waals surface area contributed by atoms with Crippen LogP contribution in [0.1, 0.15) is 86.3 Å². The van der Waals surface area contributed by atoms with Gasteiger partial charge in [-0.3, -0.25) is 9.59 Å². The third-order valence-electron chi connectivity index (χ3n) is 9.15.